The highest BCUT2D eigenvalue weighted by molar-refractivity contribution is 6.59. The van der Waals surface area contributed by atoms with E-state index in [9.17, 15) is 4.79 Å². The van der Waals surface area contributed by atoms with Crippen molar-refractivity contribution in [2.75, 3.05) is 5.32 Å². The molecule has 2 nitrogen and oxygen atoms in total. The summed E-state index contributed by atoms with van der Waals surface area (Å²) in [5.74, 6) is -0.259. The van der Waals surface area contributed by atoms with Crippen LogP contribution in [-0.2, 0) is 4.79 Å². The van der Waals surface area contributed by atoms with Crippen molar-refractivity contribution in [1.29, 1.82) is 0 Å². The van der Waals surface area contributed by atoms with Gasteiger partial charge in [0.15, 0.2) is 0 Å². The summed E-state index contributed by atoms with van der Waals surface area (Å²) in [6.07, 6.45) is -0.0290. The van der Waals surface area contributed by atoms with Gasteiger partial charge in [-0.15, -0.1) is 0 Å². The van der Waals surface area contributed by atoms with Crippen molar-refractivity contribution in [3.63, 3.8) is 0 Å². The number of anilines is 1. The Bertz CT molecular complexity index is 372. The molecule has 1 N–H and O–H groups in total. The summed E-state index contributed by atoms with van der Waals surface area (Å²) in [4.78, 5) is 11.4. The lowest BCUT2D eigenvalue weighted by atomic mass is 10.3. The largest absolute Gasteiger partial charge is 0.326 e. The first-order valence-corrected chi connectivity index (χ1v) is 5.27. The van der Waals surface area contributed by atoms with E-state index >= 15 is 0 Å². The number of para-hydroxylation sites is 1. The van der Waals surface area contributed by atoms with Gasteiger partial charge >= 0.3 is 0 Å². The molecule has 0 atom stereocenters. The molecule has 0 unspecified atom stereocenters. The monoisotopic (exact) mass is 263 g/mol. The van der Waals surface area contributed by atoms with Crippen molar-refractivity contribution < 1.29 is 4.79 Å². The van der Waals surface area contributed by atoms with Crippen molar-refractivity contribution in [2.45, 2.75) is 6.42 Å². The number of benzene rings is 1. The Morgan fingerprint density at radius 1 is 1.13 bits per heavy atom. The van der Waals surface area contributed by atoms with Gasteiger partial charge in [-0.2, -0.15) is 0 Å². The predicted molar refractivity (Wildman–Crippen MR) is 64.3 cm³/mol. The minimum absolute atomic E-state index is 0.0290. The lowest BCUT2D eigenvalue weighted by Crippen LogP contribution is -2.11. The zero-order valence-corrected chi connectivity index (χ0v) is 9.90. The molecule has 0 bridgehead atoms. The quantitative estimate of drug-likeness (QED) is 0.881. The summed E-state index contributed by atoms with van der Waals surface area (Å²) >= 11 is 16.4. The van der Waals surface area contributed by atoms with Gasteiger partial charge in [0.2, 0.25) is 5.91 Å². The van der Waals surface area contributed by atoms with Gasteiger partial charge in [-0.1, -0.05) is 53.0 Å². The first-order chi connectivity index (χ1) is 7.09. The number of carbonyl (C=O) groups is 1. The highest BCUT2D eigenvalue weighted by Crippen LogP contribution is 2.21. The zero-order chi connectivity index (χ0) is 11.3. The van der Waals surface area contributed by atoms with Crippen LogP contribution in [0.3, 0.4) is 0 Å². The fourth-order valence-electron chi connectivity index (χ4n) is 0.934. The fourth-order valence-corrected chi connectivity index (χ4v) is 1.19. The van der Waals surface area contributed by atoms with Crippen LogP contribution in [0.4, 0.5) is 5.69 Å². The molecule has 0 fully saturated rings. The van der Waals surface area contributed by atoms with E-state index in [1.165, 1.54) is 0 Å². The molecule has 1 aromatic carbocycles. The second-order valence-corrected chi connectivity index (χ2v) is 4.16. The third-order valence-electron chi connectivity index (χ3n) is 1.58. The molecule has 1 amide bonds. The van der Waals surface area contributed by atoms with E-state index in [4.69, 9.17) is 34.8 Å². The molecule has 1 rings (SSSR count). The van der Waals surface area contributed by atoms with E-state index in [0.717, 1.165) is 0 Å². The third kappa shape index (κ3) is 4.56. The smallest absolute Gasteiger partial charge is 0.229 e. The van der Waals surface area contributed by atoms with Crippen molar-refractivity contribution in [1.82, 2.24) is 0 Å². The molecule has 80 valence electrons. The van der Waals surface area contributed by atoms with Crippen molar-refractivity contribution in [2.24, 2.45) is 0 Å². The number of hydrogen-bond donors (Lipinski definition) is 1. The molecule has 0 aromatic heterocycles. The predicted octanol–water partition coefficient (Wildman–Crippen LogP) is 3.90. The first kappa shape index (κ1) is 12.4. The van der Waals surface area contributed by atoms with Crippen LogP contribution in [0.1, 0.15) is 6.42 Å². The molecular formula is C10H8Cl3NO. The van der Waals surface area contributed by atoms with E-state index in [1.807, 2.05) is 18.2 Å². The van der Waals surface area contributed by atoms with Gasteiger partial charge in [-0.3, -0.25) is 4.79 Å². The summed E-state index contributed by atoms with van der Waals surface area (Å²) in [5.41, 5.74) is 0.706. The van der Waals surface area contributed by atoms with Gasteiger partial charge in [0.25, 0.3) is 0 Å². The number of halogens is 3. The van der Waals surface area contributed by atoms with Gasteiger partial charge in [-0.05, 0) is 12.1 Å². The Balaban J connectivity index is 2.55. The van der Waals surface area contributed by atoms with Crippen molar-refractivity contribution in [3.05, 3.63) is 39.9 Å². The summed E-state index contributed by atoms with van der Waals surface area (Å²) in [6, 6.07) is 9.05. The van der Waals surface area contributed by atoms with Crippen LogP contribution in [0.25, 0.3) is 0 Å². The molecule has 0 saturated carbocycles. The Hall–Kier alpha value is -0.700. The number of nitrogens with one attached hydrogen (secondary N) is 1. The van der Waals surface area contributed by atoms with Crippen LogP contribution in [0.5, 0.6) is 0 Å². The van der Waals surface area contributed by atoms with Crippen LogP contribution < -0.4 is 5.32 Å². The minimum atomic E-state index is -0.259. The Labute approximate surface area is 103 Å². The van der Waals surface area contributed by atoms with E-state index in [-0.39, 0.29) is 21.9 Å². The summed E-state index contributed by atoms with van der Waals surface area (Å²) in [7, 11) is 0. The van der Waals surface area contributed by atoms with Gasteiger partial charge in [0, 0.05) is 5.69 Å². The van der Waals surface area contributed by atoms with E-state index in [1.54, 1.807) is 12.1 Å². The van der Waals surface area contributed by atoms with Crippen LogP contribution in [0.15, 0.2) is 39.9 Å². The van der Waals surface area contributed by atoms with Gasteiger partial charge in [0.1, 0.15) is 4.49 Å². The normalized spacial score (nSPS) is 9.53. The Morgan fingerprint density at radius 2 is 1.73 bits per heavy atom. The second-order valence-electron chi connectivity index (χ2n) is 2.76. The van der Waals surface area contributed by atoms with E-state index < -0.39 is 0 Å². The highest BCUT2D eigenvalue weighted by Gasteiger charge is 2.07. The van der Waals surface area contributed by atoms with Gasteiger partial charge < -0.3 is 5.32 Å². The summed E-state index contributed by atoms with van der Waals surface area (Å²) in [5, 5.41) is 2.78. The van der Waals surface area contributed by atoms with Gasteiger partial charge in [-0.25, -0.2) is 0 Å². The third-order valence-corrected chi connectivity index (χ3v) is 2.55. The molecule has 5 heteroatoms. The Morgan fingerprint density at radius 3 is 2.27 bits per heavy atom. The maximum atomic E-state index is 11.4. The maximum absolute atomic E-state index is 11.4. The molecule has 0 saturated heterocycles. The van der Waals surface area contributed by atoms with Crippen LogP contribution in [0, 0.1) is 0 Å². The van der Waals surface area contributed by atoms with Crippen molar-refractivity contribution in [3.8, 4) is 0 Å². The molecule has 0 aliphatic carbocycles. The SMILES string of the molecule is O=C(CC(Cl)=C(Cl)Cl)Nc1ccccc1. The fraction of sp³-hybridized carbons (Fsp3) is 0.100. The number of amides is 1. The molecule has 0 radical (unpaired) electrons. The van der Waals surface area contributed by atoms with E-state index in [2.05, 4.69) is 5.32 Å². The summed E-state index contributed by atoms with van der Waals surface area (Å²) < 4.78 is -0.0834. The first-order valence-electron chi connectivity index (χ1n) is 4.14. The van der Waals surface area contributed by atoms with Crippen LogP contribution >= 0.6 is 34.8 Å². The topological polar surface area (TPSA) is 29.1 Å². The van der Waals surface area contributed by atoms with Crippen molar-refractivity contribution >= 4 is 46.4 Å². The van der Waals surface area contributed by atoms with Gasteiger partial charge in [0.05, 0.1) is 11.5 Å². The molecule has 0 aliphatic heterocycles. The van der Waals surface area contributed by atoms with E-state index in [0.29, 0.717) is 5.69 Å². The minimum Gasteiger partial charge on any atom is -0.326 e. The standard InChI is InChI=1S/C10H8Cl3NO/c11-8(10(12)13)6-9(15)14-7-4-2-1-3-5-7/h1-5H,6H2,(H,14,15). The number of hydrogen-bond acceptors (Lipinski definition) is 1. The lowest BCUT2D eigenvalue weighted by molar-refractivity contribution is -0.115. The Kier molecular flexibility index (Phi) is 4.95. The molecular weight excluding hydrogens is 256 g/mol. The average Bonchev–Trinajstić information content (AvgIpc) is 2.18. The molecule has 15 heavy (non-hydrogen) atoms. The molecule has 0 spiro atoms. The average molecular weight is 265 g/mol. The maximum Gasteiger partial charge on any atom is 0.229 e. The highest BCUT2D eigenvalue weighted by atomic mass is 35.5. The van der Waals surface area contributed by atoms with Crippen LogP contribution in [-0.4, -0.2) is 5.91 Å². The molecule has 0 aliphatic rings. The lowest BCUT2D eigenvalue weighted by Gasteiger charge is -2.03. The molecule has 1 aromatic rings. The second kappa shape index (κ2) is 6.01. The molecule has 0 heterocycles. The van der Waals surface area contributed by atoms with Crippen LogP contribution in [0.2, 0.25) is 0 Å². The number of rotatable bonds is 3. The zero-order valence-electron chi connectivity index (χ0n) is 7.64. The summed E-state index contributed by atoms with van der Waals surface area (Å²) in [6.45, 7) is 0. The number of carbonyl (C=O) groups excluding carboxylic acids is 1.